The van der Waals surface area contributed by atoms with Crippen LogP contribution < -0.4 is 5.73 Å². The number of alkyl halides is 6. The molecule has 1 rings (SSSR count). The second kappa shape index (κ2) is 5.41. The Balaban J connectivity index is 2.52. The molecule has 0 bridgehead atoms. The molecular formula is C8H8F6N2OS. The molecule has 0 aliphatic rings. The fraction of sp³-hybridized carbons (Fsp3) is 0.625. The Morgan fingerprint density at radius 3 is 2.33 bits per heavy atom. The van der Waals surface area contributed by atoms with Gasteiger partial charge in [0.25, 0.3) is 0 Å². The van der Waals surface area contributed by atoms with Crippen LogP contribution in [0.4, 0.5) is 26.3 Å². The van der Waals surface area contributed by atoms with E-state index in [-0.39, 0.29) is 16.2 Å². The summed E-state index contributed by atoms with van der Waals surface area (Å²) < 4.78 is 76.1. The zero-order valence-electron chi connectivity index (χ0n) is 8.68. The minimum atomic E-state index is -4.59. The maximum Gasteiger partial charge on any atom is 0.443 e. The predicted octanol–water partition coefficient (Wildman–Crippen LogP) is 2.74. The van der Waals surface area contributed by atoms with Crippen LogP contribution in [0.1, 0.15) is 15.9 Å². The minimum Gasteiger partial charge on any atom is -0.370 e. The van der Waals surface area contributed by atoms with Crippen LogP contribution in [0.5, 0.6) is 0 Å². The summed E-state index contributed by atoms with van der Waals surface area (Å²) in [6, 6.07) is -1.07. The fourth-order valence-electron chi connectivity index (χ4n) is 0.973. The number of rotatable bonds is 4. The Kier molecular flexibility index (Phi) is 4.56. The van der Waals surface area contributed by atoms with Gasteiger partial charge in [-0.15, -0.1) is 11.3 Å². The first-order chi connectivity index (χ1) is 8.09. The predicted molar refractivity (Wildman–Crippen MR) is 50.9 cm³/mol. The highest BCUT2D eigenvalue weighted by atomic mass is 32.1. The van der Waals surface area contributed by atoms with E-state index in [1.165, 1.54) is 0 Å². The lowest BCUT2D eigenvalue weighted by Gasteiger charge is -2.11. The van der Waals surface area contributed by atoms with Gasteiger partial charge >= 0.3 is 12.4 Å². The van der Waals surface area contributed by atoms with E-state index in [0.29, 0.717) is 0 Å². The summed E-state index contributed by atoms with van der Waals surface area (Å²) in [5, 5.41) is -1.09. The summed E-state index contributed by atoms with van der Waals surface area (Å²) in [5.74, 6) is 0. The summed E-state index contributed by atoms with van der Waals surface area (Å²) in [6.07, 6.45) is -8.20. The standard InChI is InChI=1S/C8H8F6N2OS/c9-7(10,11)3-17-2-4(15)5-1-16-6(18-5)8(12,13)14/h1,4H,2-3,15H2. The molecular weight excluding hydrogens is 286 g/mol. The average Bonchev–Trinajstić information content (AvgIpc) is 2.62. The summed E-state index contributed by atoms with van der Waals surface area (Å²) >= 11 is 0.283. The van der Waals surface area contributed by atoms with Gasteiger partial charge in [0.2, 0.25) is 0 Å². The molecule has 0 aliphatic heterocycles. The molecule has 3 nitrogen and oxygen atoms in total. The molecule has 1 heterocycles. The van der Waals surface area contributed by atoms with E-state index in [0.717, 1.165) is 6.20 Å². The highest BCUT2D eigenvalue weighted by Gasteiger charge is 2.35. The smallest absolute Gasteiger partial charge is 0.370 e. The Hall–Kier alpha value is -0.870. The Labute approximate surface area is 102 Å². The molecule has 1 unspecified atom stereocenters. The number of ether oxygens (including phenoxy) is 1. The first-order valence-corrected chi connectivity index (χ1v) is 5.34. The first kappa shape index (κ1) is 15.2. The van der Waals surface area contributed by atoms with Crippen LogP contribution in [0.25, 0.3) is 0 Å². The van der Waals surface area contributed by atoms with Crippen molar-refractivity contribution in [3.8, 4) is 0 Å². The molecule has 0 fully saturated rings. The van der Waals surface area contributed by atoms with Crippen LogP contribution in [-0.2, 0) is 10.9 Å². The number of hydrogen-bond acceptors (Lipinski definition) is 4. The van der Waals surface area contributed by atoms with Gasteiger partial charge in [0.15, 0.2) is 5.01 Å². The molecule has 1 atom stereocenters. The van der Waals surface area contributed by atoms with Gasteiger partial charge < -0.3 is 10.5 Å². The van der Waals surface area contributed by atoms with Gasteiger partial charge in [0.1, 0.15) is 6.61 Å². The summed E-state index contributed by atoms with van der Waals surface area (Å²) in [4.78, 5) is 3.12. The molecule has 1 aromatic heterocycles. The lowest BCUT2D eigenvalue weighted by Crippen LogP contribution is -2.22. The third-order valence-corrected chi connectivity index (χ3v) is 2.87. The van der Waals surface area contributed by atoms with Gasteiger partial charge in [-0.3, -0.25) is 0 Å². The number of nitrogens with zero attached hydrogens (tertiary/aromatic N) is 1. The van der Waals surface area contributed by atoms with Gasteiger partial charge in [-0.1, -0.05) is 0 Å². The summed E-state index contributed by atoms with van der Waals surface area (Å²) in [6.45, 7) is -2.02. The quantitative estimate of drug-likeness (QED) is 0.869. The monoisotopic (exact) mass is 294 g/mol. The van der Waals surface area contributed by atoms with E-state index in [4.69, 9.17) is 5.73 Å². The molecule has 0 aromatic carbocycles. The van der Waals surface area contributed by atoms with E-state index < -0.39 is 36.6 Å². The van der Waals surface area contributed by atoms with Crippen molar-refractivity contribution >= 4 is 11.3 Å². The fourth-order valence-corrected chi connectivity index (χ4v) is 1.74. The molecule has 18 heavy (non-hydrogen) atoms. The van der Waals surface area contributed by atoms with Gasteiger partial charge in [0, 0.05) is 11.1 Å². The van der Waals surface area contributed by atoms with Crippen molar-refractivity contribution < 1.29 is 31.1 Å². The van der Waals surface area contributed by atoms with Crippen molar-refractivity contribution in [1.29, 1.82) is 0 Å². The van der Waals surface area contributed by atoms with E-state index in [9.17, 15) is 26.3 Å². The highest BCUT2D eigenvalue weighted by molar-refractivity contribution is 7.11. The Morgan fingerprint density at radius 1 is 1.28 bits per heavy atom. The third-order valence-electron chi connectivity index (χ3n) is 1.69. The number of thiazole rings is 1. The van der Waals surface area contributed by atoms with Crippen molar-refractivity contribution in [2.24, 2.45) is 5.73 Å². The average molecular weight is 294 g/mol. The topological polar surface area (TPSA) is 48.1 Å². The largest absolute Gasteiger partial charge is 0.443 e. The zero-order chi connectivity index (χ0) is 14.0. The minimum absolute atomic E-state index is 0.0181. The third kappa shape index (κ3) is 4.78. The lowest BCUT2D eigenvalue weighted by molar-refractivity contribution is -0.174. The highest BCUT2D eigenvalue weighted by Crippen LogP contribution is 2.33. The summed E-state index contributed by atoms with van der Waals surface area (Å²) in [7, 11) is 0. The molecule has 0 saturated carbocycles. The maximum absolute atomic E-state index is 12.2. The van der Waals surface area contributed by atoms with Crippen LogP contribution >= 0.6 is 11.3 Å². The molecule has 10 heteroatoms. The van der Waals surface area contributed by atoms with E-state index in [2.05, 4.69) is 9.72 Å². The Morgan fingerprint density at radius 2 is 1.89 bits per heavy atom. The number of aromatic nitrogens is 1. The van der Waals surface area contributed by atoms with E-state index in [1.54, 1.807) is 0 Å². The van der Waals surface area contributed by atoms with Crippen LogP contribution in [0.15, 0.2) is 6.20 Å². The van der Waals surface area contributed by atoms with Crippen LogP contribution in [0.3, 0.4) is 0 Å². The number of halogens is 6. The van der Waals surface area contributed by atoms with Crippen molar-refractivity contribution in [3.05, 3.63) is 16.1 Å². The lowest BCUT2D eigenvalue weighted by atomic mass is 10.3. The molecule has 0 spiro atoms. The first-order valence-electron chi connectivity index (χ1n) is 4.52. The van der Waals surface area contributed by atoms with Gasteiger partial charge in [-0.25, -0.2) is 4.98 Å². The SMILES string of the molecule is NC(COCC(F)(F)F)c1cnc(C(F)(F)F)s1. The normalized spacial score (nSPS) is 14.8. The van der Waals surface area contributed by atoms with Gasteiger partial charge in [-0.05, 0) is 0 Å². The maximum atomic E-state index is 12.2. The van der Waals surface area contributed by atoms with Crippen LogP contribution in [0.2, 0.25) is 0 Å². The number of hydrogen-bond donors (Lipinski definition) is 1. The van der Waals surface area contributed by atoms with E-state index in [1.807, 2.05) is 0 Å². The van der Waals surface area contributed by atoms with Gasteiger partial charge in [-0.2, -0.15) is 26.3 Å². The van der Waals surface area contributed by atoms with Crippen molar-refractivity contribution in [3.63, 3.8) is 0 Å². The molecule has 2 N–H and O–H groups in total. The molecule has 104 valence electrons. The van der Waals surface area contributed by atoms with Crippen molar-refractivity contribution in [2.45, 2.75) is 18.4 Å². The van der Waals surface area contributed by atoms with E-state index >= 15 is 0 Å². The zero-order valence-corrected chi connectivity index (χ0v) is 9.49. The molecule has 0 aliphatic carbocycles. The summed E-state index contributed by atoms with van der Waals surface area (Å²) in [5.41, 5.74) is 5.39. The van der Waals surface area contributed by atoms with Crippen molar-refractivity contribution in [2.75, 3.05) is 13.2 Å². The molecule has 1 aromatic rings. The molecule has 0 saturated heterocycles. The Bertz CT molecular complexity index is 388. The number of nitrogens with two attached hydrogens (primary N) is 1. The molecule has 0 radical (unpaired) electrons. The van der Waals surface area contributed by atoms with Crippen LogP contribution in [0, 0.1) is 0 Å². The second-order valence-electron chi connectivity index (χ2n) is 3.30. The van der Waals surface area contributed by atoms with Gasteiger partial charge in [0.05, 0.1) is 12.6 Å². The second-order valence-corrected chi connectivity index (χ2v) is 4.36. The van der Waals surface area contributed by atoms with Crippen molar-refractivity contribution in [1.82, 2.24) is 4.98 Å². The molecule has 0 amide bonds. The van der Waals surface area contributed by atoms with Crippen LogP contribution in [-0.4, -0.2) is 24.4 Å².